The first-order chi connectivity index (χ1) is 8.01. The second-order valence-electron chi connectivity index (χ2n) is 4.77. The molecule has 1 aromatic heterocycles. The Morgan fingerprint density at radius 3 is 2.41 bits per heavy atom. The normalized spacial score (nSPS) is 14.9. The molecule has 17 heavy (non-hydrogen) atoms. The van der Waals surface area contributed by atoms with Gasteiger partial charge in [-0.25, -0.2) is 4.98 Å². The van der Waals surface area contributed by atoms with Gasteiger partial charge in [0.1, 0.15) is 11.4 Å². The van der Waals surface area contributed by atoms with Gasteiger partial charge in [-0.15, -0.1) is 0 Å². The summed E-state index contributed by atoms with van der Waals surface area (Å²) >= 11 is 0. The first-order valence-corrected chi connectivity index (χ1v) is 5.79. The second-order valence-corrected chi connectivity index (χ2v) is 4.77. The molecule has 4 nitrogen and oxygen atoms in total. The molecule has 0 saturated heterocycles. The number of aromatic amines is 1. The number of hydrogen-bond donors (Lipinski definition) is 2. The van der Waals surface area contributed by atoms with E-state index < -0.39 is 5.54 Å². The van der Waals surface area contributed by atoms with Crippen molar-refractivity contribution >= 4 is 0 Å². The Balaban J connectivity index is 2.37. The van der Waals surface area contributed by atoms with Crippen LogP contribution in [0.3, 0.4) is 0 Å². The van der Waals surface area contributed by atoms with E-state index in [1.54, 1.807) is 0 Å². The summed E-state index contributed by atoms with van der Waals surface area (Å²) in [6, 6.07) is 9.89. The maximum Gasteiger partial charge on any atom is 0.174 e. The van der Waals surface area contributed by atoms with Crippen LogP contribution in [0.2, 0.25) is 0 Å². The number of nitrogens with two attached hydrogens (primary N) is 1. The Labute approximate surface area is 101 Å². The van der Waals surface area contributed by atoms with Crippen LogP contribution in [0.15, 0.2) is 30.3 Å². The predicted octanol–water partition coefficient (Wildman–Crippen LogP) is 2.15. The molecule has 3 N–H and O–H groups in total. The van der Waals surface area contributed by atoms with Crippen LogP contribution in [-0.2, 0) is 5.54 Å². The van der Waals surface area contributed by atoms with Gasteiger partial charge in [0.2, 0.25) is 0 Å². The molecule has 90 valence electrons. The zero-order chi connectivity index (χ0) is 12.5. The van der Waals surface area contributed by atoms with E-state index in [9.17, 15) is 0 Å². The van der Waals surface area contributed by atoms with Crippen molar-refractivity contribution in [1.29, 1.82) is 0 Å². The Morgan fingerprint density at radius 1 is 1.24 bits per heavy atom. The number of benzene rings is 1. The average Bonchev–Trinajstić information content (AvgIpc) is 2.80. The molecule has 4 heteroatoms. The van der Waals surface area contributed by atoms with Gasteiger partial charge in [0, 0.05) is 5.92 Å². The van der Waals surface area contributed by atoms with Crippen molar-refractivity contribution in [3.63, 3.8) is 0 Å². The van der Waals surface area contributed by atoms with Gasteiger partial charge in [-0.3, -0.25) is 5.10 Å². The molecule has 1 aromatic carbocycles. The molecule has 1 unspecified atom stereocenters. The molecule has 0 aliphatic rings. The molecule has 1 heterocycles. The van der Waals surface area contributed by atoms with Gasteiger partial charge in [0.15, 0.2) is 5.82 Å². The van der Waals surface area contributed by atoms with Gasteiger partial charge in [-0.2, -0.15) is 5.10 Å². The molecule has 0 spiro atoms. The first-order valence-electron chi connectivity index (χ1n) is 5.79. The van der Waals surface area contributed by atoms with Crippen molar-refractivity contribution in [3.8, 4) is 0 Å². The van der Waals surface area contributed by atoms with Gasteiger partial charge in [-0.1, -0.05) is 44.2 Å². The quantitative estimate of drug-likeness (QED) is 0.849. The third kappa shape index (κ3) is 2.22. The van der Waals surface area contributed by atoms with Crippen molar-refractivity contribution in [2.75, 3.05) is 0 Å². The van der Waals surface area contributed by atoms with Crippen molar-refractivity contribution in [1.82, 2.24) is 15.2 Å². The lowest BCUT2D eigenvalue weighted by atomic mass is 9.92. The molecule has 0 bridgehead atoms. The number of hydrogen-bond acceptors (Lipinski definition) is 3. The summed E-state index contributed by atoms with van der Waals surface area (Å²) in [6.07, 6.45) is 0. The zero-order valence-electron chi connectivity index (χ0n) is 10.4. The maximum atomic E-state index is 6.33. The zero-order valence-corrected chi connectivity index (χ0v) is 10.4. The fourth-order valence-corrected chi connectivity index (χ4v) is 1.68. The number of nitrogens with one attached hydrogen (secondary N) is 1. The van der Waals surface area contributed by atoms with Gasteiger partial charge < -0.3 is 5.73 Å². The van der Waals surface area contributed by atoms with Crippen LogP contribution >= 0.6 is 0 Å². The van der Waals surface area contributed by atoms with E-state index >= 15 is 0 Å². The topological polar surface area (TPSA) is 67.6 Å². The molecule has 0 fully saturated rings. The lowest BCUT2D eigenvalue weighted by molar-refractivity contribution is 0.560. The summed E-state index contributed by atoms with van der Waals surface area (Å²) in [7, 11) is 0. The summed E-state index contributed by atoms with van der Waals surface area (Å²) < 4.78 is 0. The van der Waals surface area contributed by atoms with Crippen LogP contribution in [-0.4, -0.2) is 15.2 Å². The minimum Gasteiger partial charge on any atom is -0.315 e. The Morgan fingerprint density at radius 2 is 1.88 bits per heavy atom. The van der Waals surface area contributed by atoms with Crippen LogP contribution in [0.1, 0.15) is 43.9 Å². The fourth-order valence-electron chi connectivity index (χ4n) is 1.68. The number of rotatable bonds is 3. The molecule has 0 amide bonds. The number of nitrogens with zero attached hydrogens (tertiary/aromatic N) is 2. The van der Waals surface area contributed by atoms with E-state index in [1.807, 2.05) is 37.3 Å². The molecule has 0 radical (unpaired) electrons. The van der Waals surface area contributed by atoms with Crippen LogP contribution in [0.4, 0.5) is 0 Å². The highest BCUT2D eigenvalue weighted by Crippen LogP contribution is 2.24. The van der Waals surface area contributed by atoms with Crippen molar-refractivity contribution < 1.29 is 0 Å². The van der Waals surface area contributed by atoms with E-state index in [-0.39, 0.29) is 0 Å². The largest absolute Gasteiger partial charge is 0.315 e. The third-order valence-corrected chi connectivity index (χ3v) is 2.89. The molecular formula is C13H18N4. The first kappa shape index (κ1) is 11.8. The lowest BCUT2D eigenvalue weighted by Gasteiger charge is -2.21. The molecule has 0 saturated carbocycles. The van der Waals surface area contributed by atoms with Crippen molar-refractivity contribution in [3.05, 3.63) is 47.5 Å². The summed E-state index contributed by atoms with van der Waals surface area (Å²) in [5.74, 6) is 1.82. The lowest BCUT2D eigenvalue weighted by Crippen LogP contribution is -2.35. The summed E-state index contributed by atoms with van der Waals surface area (Å²) in [6.45, 7) is 6.07. The molecule has 0 aliphatic carbocycles. The minimum atomic E-state index is -0.662. The summed E-state index contributed by atoms with van der Waals surface area (Å²) in [4.78, 5) is 4.47. The molecule has 0 aliphatic heterocycles. The van der Waals surface area contributed by atoms with Crippen LogP contribution in [0, 0.1) is 0 Å². The van der Waals surface area contributed by atoms with Gasteiger partial charge in [0.25, 0.3) is 0 Å². The van der Waals surface area contributed by atoms with Crippen LogP contribution in [0.5, 0.6) is 0 Å². The predicted molar refractivity (Wildman–Crippen MR) is 67.6 cm³/mol. The van der Waals surface area contributed by atoms with E-state index in [0.29, 0.717) is 11.7 Å². The van der Waals surface area contributed by atoms with Crippen molar-refractivity contribution in [2.24, 2.45) is 5.73 Å². The standard InChI is InChI=1S/C13H18N4/c1-9(2)11-15-12(17-16-11)13(3,14)10-7-5-4-6-8-10/h4-9H,14H2,1-3H3,(H,15,16,17). The molecule has 1 atom stereocenters. The fraction of sp³-hybridized carbons (Fsp3) is 0.385. The highest BCUT2D eigenvalue weighted by molar-refractivity contribution is 5.29. The average molecular weight is 230 g/mol. The van der Waals surface area contributed by atoms with Gasteiger partial charge in [0.05, 0.1) is 0 Å². The summed E-state index contributed by atoms with van der Waals surface area (Å²) in [5.41, 5.74) is 6.67. The molecule has 2 rings (SSSR count). The van der Waals surface area contributed by atoms with Gasteiger partial charge >= 0.3 is 0 Å². The smallest absolute Gasteiger partial charge is 0.174 e. The Bertz CT molecular complexity index is 485. The van der Waals surface area contributed by atoms with Crippen LogP contribution in [0.25, 0.3) is 0 Å². The summed E-state index contributed by atoms with van der Waals surface area (Å²) in [5, 5.41) is 7.16. The third-order valence-electron chi connectivity index (χ3n) is 2.89. The van der Waals surface area contributed by atoms with Crippen LogP contribution < -0.4 is 5.73 Å². The van der Waals surface area contributed by atoms with Gasteiger partial charge in [-0.05, 0) is 12.5 Å². The number of H-pyrrole nitrogens is 1. The SMILES string of the molecule is CC(C)c1nc(C(C)(N)c2ccccc2)n[nH]1. The highest BCUT2D eigenvalue weighted by atomic mass is 15.2. The van der Waals surface area contributed by atoms with E-state index in [0.717, 1.165) is 11.4 Å². The monoisotopic (exact) mass is 230 g/mol. The maximum absolute atomic E-state index is 6.33. The number of aromatic nitrogens is 3. The van der Waals surface area contributed by atoms with Crippen molar-refractivity contribution in [2.45, 2.75) is 32.2 Å². The van der Waals surface area contributed by atoms with E-state index in [4.69, 9.17) is 5.73 Å². The molecular weight excluding hydrogens is 212 g/mol. The highest BCUT2D eigenvalue weighted by Gasteiger charge is 2.28. The second kappa shape index (κ2) is 4.30. The van der Waals surface area contributed by atoms with E-state index in [2.05, 4.69) is 29.0 Å². The Hall–Kier alpha value is -1.68. The molecule has 2 aromatic rings. The minimum absolute atomic E-state index is 0.322. The Kier molecular flexibility index (Phi) is 2.98. The van der Waals surface area contributed by atoms with E-state index in [1.165, 1.54) is 0 Å².